The molecule has 0 N–H and O–H groups in total. The van der Waals surface area contributed by atoms with Crippen LogP contribution >= 0.6 is 11.3 Å². The summed E-state index contributed by atoms with van der Waals surface area (Å²) in [6.07, 6.45) is 0.833. The lowest BCUT2D eigenvalue weighted by Crippen LogP contribution is -2.38. The number of halogens is 1. The van der Waals surface area contributed by atoms with Gasteiger partial charge in [0.1, 0.15) is 18.2 Å². The quantitative estimate of drug-likeness (QED) is 0.556. The second kappa shape index (κ2) is 9.09. The Kier molecular flexibility index (Phi) is 6.09. The Morgan fingerprint density at radius 2 is 1.93 bits per heavy atom. The Morgan fingerprint density at radius 3 is 2.77 bits per heavy atom. The molecule has 0 saturated heterocycles. The fourth-order valence-corrected chi connectivity index (χ4v) is 4.11. The normalized spacial score (nSPS) is 12.9. The molecule has 0 atom stereocenters. The van der Waals surface area contributed by atoms with E-state index in [1.54, 1.807) is 52.6 Å². The summed E-state index contributed by atoms with van der Waals surface area (Å²) in [5.41, 5.74) is 2.28. The van der Waals surface area contributed by atoms with Gasteiger partial charge >= 0.3 is 5.97 Å². The summed E-state index contributed by atoms with van der Waals surface area (Å²) in [7, 11) is 0. The van der Waals surface area contributed by atoms with E-state index in [1.807, 2.05) is 11.4 Å². The standard InChI is InChI=1S/C23H20FNO4S/c24-19-6-4-16(5-7-19)14-28-20-3-1-2-17(12-20)23(27)29-15-22(26)25-10-8-21-18(13-25)9-11-30-21/h1-7,9,11-12H,8,10,13-15H2. The van der Waals surface area contributed by atoms with E-state index < -0.39 is 5.97 Å². The van der Waals surface area contributed by atoms with Gasteiger partial charge in [-0.1, -0.05) is 18.2 Å². The summed E-state index contributed by atoms with van der Waals surface area (Å²) < 4.78 is 23.9. The fourth-order valence-electron chi connectivity index (χ4n) is 3.22. The number of carbonyl (C=O) groups is 2. The van der Waals surface area contributed by atoms with Crippen molar-refractivity contribution in [2.75, 3.05) is 13.2 Å². The predicted octanol–water partition coefficient (Wildman–Crippen LogP) is 4.21. The molecule has 2 aromatic carbocycles. The second-order valence-corrected chi connectivity index (χ2v) is 7.95. The molecule has 0 saturated carbocycles. The first-order valence-corrected chi connectivity index (χ1v) is 10.4. The number of benzene rings is 2. The van der Waals surface area contributed by atoms with Gasteiger partial charge < -0.3 is 14.4 Å². The highest BCUT2D eigenvalue weighted by Gasteiger charge is 2.22. The van der Waals surface area contributed by atoms with Gasteiger partial charge in [0, 0.05) is 18.0 Å². The van der Waals surface area contributed by atoms with E-state index in [0.717, 1.165) is 17.5 Å². The van der Waals surface area contributed by atoms with Crippen molar-refractivity contribution in [1.82, 2.24) is 4.90 Å². The number of thiophene rings is 1. The van der Waals surface area contributed by atoms with Crippen molar-refractivity contribution < 1.29 is 23.5 Å². The maximum absolute atomic E-state index is 13.0. The van der Waals surface area contributed by atoms with Crippen molar-refractivity contribution in [3.63, 3.8) is 0 Å². The van der Waals surface area contributed by atoms with Crippen LogP contribution in [0, 0.1) is 5.82 Å². The molecular formula is C23H20FNO4S. The van der Waals surface area contributed by atoms with E-state index in [9.17, 15) is 14.0 Å². The van der Waals surface area contributed by atoms with Crippen LogP contribution in [0.3, 0.4) is 0 Å². The summed E-state index contributed by atoms with van der Waals surface area (Å²) in [6, 6.07) is 14.6. The van der Waals surface area contributed by atoms with Gasteiger partial charge in [-0.3, -0.25) is 4.79 Å². The summed E-state index contributed by atoms with van der Waals surface area (Å²) >= 11 is 1.71. The molecule has 0 unspecified atom stereocenters. The molecule has 1 aromatic heterocycles. The first kappa shape index (κ1) is 20.1. The molecule has 154 valence electrons. The zero-order valence-corrected chi connectivity index (χ0v) is 17.0. The van der Waals surface area contributed by atoms with Gasteiger partial charge in [-0.15, -0.1) is 11.3 Å². The van der Waals surface area contributed by atoms with E-state index in [2.05, 4.69) is 0 Å². The SMILES string of the molecule is O=C(OCC(=O)N1CCc2sccc2C1)c1cccc(OCc2ccc(F)cc2)c1. The Morgan fingerprint density at radius 1 is 1.10 bits per heavy atom. The number of esters is 1. The lowest BCUT2D eigenvalue weighted by atomic mass is 10.1. The average molecular weight is 425 g/mol. The van der Waals surface area contributed by atoms with Crippen LogP contribution < -0.4 is 4.74 Å². The van der Waals surface area contributed by atoms with Gasteiger partial charge in [0.2, 0.25) is 0 Å². The van der Waals surface area contributed by atoms with Gasteiger partial charge in [0.05, 0.1) is 5.56 Å². The summed E-state index contributed by atoms with van der Waals surface area (Å²) in [4.78, 5) is 27.8. The summed E-state index contributed by atoms with van der Waals surface area (Å²) in [6.45, 7) is 1.15. The molecule has 7 heteroatoms. The number of nitrogens with zero attached hydrogens (tertiary/aromatic N) is 1. The molecule has 0 bridgehead atoms. The molecule has 3 aromatic rings. The largest absolute Gasteiger partial charge is 0.489 e. The van der Waals surface area contributed by atoms with Gasteiger partial charge in [0.25, 0.3) is 5.91 Å². The Bertz CT molecular complexity index is 1050. The maximum atomic E-state index is 13.0. The van der Waals surface area contributed by atoms with E-state index in [4.69, 9.17) is 9.47 Å². The number of hydrogen-bond donors (Lipinski definition) is 0. The average Bonchev–Trinajstić information content (AvgIpc) is 3.25. The molecule has 0 spiro atoms. The minimum atomic E-state index is -0.580. The van der Waals surface area contributed by atoms with Crippen LogP contribution in [-0.4, -0.2) is 29.9 Å². The number of ether oxygens (including phenoxy) is 2. The summed E-state index contributed by atoms with van der Waals surface area (Å²) in [5, 5.41) is 2.03. The Balaban J connectivity index is 1.29. The van der Waals surface area contributed by atoms with Crippen LogP contribution in [0.25, 0.3) is 0 Å². The first-order valence-electron chi connectivity index (χ1n) is 9.56. The monoisotopic (exact) mass is 425 g/mol. The molecule has 1 amide bonds. The van der Waals surface area contributed by atoms with Crippen molar-refractivity contribution in [3.05, 3.63) is 87.4 Å². The van der Waals surface area contributed by atoms with Gasteiger partial charge in [0.15, 0.2) is 6.61 Å². The molecule has 0 aliphatic carbocycles. The fraction of sp³-hybridized carbons (Fsp3) is 0.217. The third kappa shape index (κ3) is 4.86. The van der Waals surface area contributed by atoms with Crippen LogP contribution in [0.15, 0.2) is 60.0 Å². The number of amides is 1. The molecule has 0 radical (unpaired) electrons. The van der Waals surface area contributed by atoms with E-state index >= 15 is 0 Å². The number of rotatable bonds is 6. The molecule has 30 heavy (non-hydrogen) atoms. The number of carbonyl (C=O) groups excluding carboxylic acids is 2. The molecule has 5 nitrogen and oxygen atoms in total. The molecule has 0 fully saturated rings. The lowest BCUT2D eigenvalue weighted by molar-refractivity contribution is -0.135. The highest BCUT2D eigenvalue weighted by atomic mass is 32.1. The van der Waals surface area contributed by atoms with Crippen LogP contribution in [0.1, 0.15) is 26.4 Å². The minimum Gasteiger partial charge on any atom is -0.489 e. The van der Waals surface area contributed by atoms with Crippen LogP contribution in [0.5, 0.6) is 5.75 Å². The topological polar surface area (TPSA) is 55.8 Å². The van der Waals surface area contributed by atoms with Crippen molar-refractivity contribution in [3.8, 4) is 5.75 Å². The smallest absolute Gasteiger partial charge is 0.338 e. The Labute approximate surface area is 177 Å². The molecule has 1 aliphatic heterocycles. The minimum absolute atomic E-state index is 0.205. The van der Waals surface area contributed by atoms with Crippen molar-refractivity contribution >= 4 is 23.2 Å². The van der Waals surface area contributed by atoms with Gasteiger partial charge in [-0.2, -0.15) is 0 Å². The zero-order valence-electron chi connectivity index (χ0n) is 16.2. The third-order valence-corrected chi connectivity index (χ3v) is 5.90. The maximum Gasteiger partial charge on any atom is 0.338 e. The van der Waals surface area contributed by atoms with E-state index in [0.29, 0.717) is 24.4 Å². The summed E-state index contributed by atoms with van der Waals surface area (Å²) in [5.74, 6) is -0.604. The van der Waals surface area contributed by atoms with Crippen molar-refractivity contribution in [2.45, 2.75) is 19.6 Å². The molecular weight excluding hydrogens is 405 g/mol. The second-order valence-electron chi connectivity index (χ2n) is 6.95. The molecule has 2 heterocycles. The van der Waals surface area contributed by atoms with E-state index in [1.165, 1.54) is 17.0 Å². The Hall–Kier alpha value is -3.19. The van der Waals surface area contributed by atoms with Gasteiger partial charge in [-0.25, -0.2) is 9.18 Å². The van der Waals surface area contributed by atoms with E-state index in [-0.39, 0.29) is 24.9 Å². The highest BCUT2D eigenvalue weighted by molar-refractivity contribution is 7.10. The molecule has 1 aliphatic rings. The van der Waals surface area contributed by atoms with Crippen LogP contribution in [0.2, 0.25) is 0 Å². The zero-order chi connectivity index (χ0) is 20.9. The van der Waals surface area contributed by atoms with Crippen molar-refractivity contribution in [2.24, 2.45) is 0 Å². The highest BCUT2D eigenvalue weighted by Crippen LogP contribution is 2.24. The lowest BCUT2D eigenvalue weighted by Gasteiger charge is -2.26. The first-order chi connectivity index (χ1) is 14.6. The number of hydrogen-bond acceptors (Lipinski definition) is 5. The molecule has 4 rings (SSSR count). The number of fused-ring (bicyclic) bond motifs is 1. The third-order valence-electron chi connectivity index (χ3n) is 4.88. The van der Waals surface area contributed by atoms with Crippen molar-refractivity contribution in [1.29, 1.82) is 0 Å². The predicted molar refractivity (Wildman–Crippen MR) is 111 cm³/mol. The van der Waals surface area contributed by atoms with Crippen LogP contribution in [-0.2, 0) is 29.1 Å². The van der Waals surface area contributed by atoms with Crippen LogP contribution in [0.4, 0.5) is 4.39 Å². The van der Waals surface area contributed by atoms with Gasteiger partial charge in [-0.05, 0) is 59.3 Å².